The van der Waals surface area contributed by atoms with E-state index in [0.29, 0.717) is 56.7 Å². The van der Waals surface area contributed by atoms with Gasteiger partial charge >= 0.3 is 0 Å². The van der Waals surface area contributed by atoms with Crippen molar-refractivity contribution in [2.24, 2.45) is 0 Å². The fraction of sp³-hybridized carbons (Fsp3) is 0.208. The van der Waals surface area contributed by atoms with Crippen molar-refractivity contribution in [1.82, 2.24) is 9.55 Å². The first kappa shape index (κ1) is 21.5. The number of pyridine rings is 2. The van der Waals surface area contributed by atoms with Crippen molar-refractivity contribution < 1.29 is 14.3 Å². The topological polar surface area (TPSA) is 90.3 Å². The third-order valence-electron chi connectivity index (χ3n) is 5.88. The maximum atomic E-state index is 13.1. The van der Waals surface area contributed by atoms with Crippen LogP contribution < -0.4 is 15.6 Å². The molecule has 0 radical (unpaired) electrons. The standard InChI is InChI=1S/C24H18ClN3O4S/c1-32-24-13(6-12-2-4-15-16(7-12)18(30)9-17(15)29)8-22(31)28-21(10-19(33)23(24)28)27-20-5-3-14(25)11-26-20/h2-5,7-8,11,21H,6,9-10H2,1H3,(H,26,27)/t21-/m1/s1. The van der Waals surface area contributed by atoms with Crippen LogP contribution in [0.1, 0.15) is 56.5 Å². The fourth-order valence-electron chi connectivity index (χ4n) is 4.43. The van der Waals surface area contributed by atoms with Crippen LogP contribution in [0.15, 0.2) is 47.4 Å². The van der Waals surface area contributed by atoms with Gasteiger partial charge in [0, 0.05) is 46.7 Å². The number of carbonyl (C=O) groups is 2. The molecule has 0 unspecified atom stereocenters. The number of thiocarbonyl (C=S) groups is 1. The predicted molar refractivity (Wildman–Crippen MR) is 128 cm³/mol. The monoisotopic (exact) mass is 479 g/mol. The molecule has 1 aliphatic heterocycles. The molecule has 2 aromatic heterocycles. The first-order chi connectivity index (χ1) is 15.9. The number of hydrogen-bond donors (Lipinski definition) is 1. The lowest BCUT2D eigenvalue weighted by atomic mass is 9.99. The molecule has 2 aliphatic rings. The second kappa shape index (κ2) is 8.20. The number of carbonyl (C=O) groups excluding carboxylic acids is 2. The predicted octanol–water partition coefficient (Wildman–Crippen LogP) is 4.00. The van der Waals surface area contributed by atoms with Gasteiger partial charge in [0.15, 0.2) is 11.6 Å². The van der Waals surface area contributed by atoms with E-state index in [1.165, 1.54) is 12.3 Å². The third-order valence-corrected chi connectivity index (χ3v) is 6.47. The molecule has 1 atom stereocenters. The highest BCUT2D eigenvalue weighted by molar-refractivity contribution is 7.80. The zero-order chi connectivity index (χ0) is 23.3. The Morgan fingerprint density at radius 2 is 1.94 bits per heavy atom. The molecule has 5 rings (SSSR count). The number of halogens is 1. The number of aromatic nitrogens is 2. The molecular formula is C24H18ClN3O4S. The van der Waals surface area contributed by atoms with Crippen LogP contribution in [-0.2, 0) is 6.42 Å². The number of nitrogens with one attached hydrogen (secondary N) is 1. The number of hydrogen-bond acceptors (Lipinski definition) is 7. The second-order valence-corrected chi connectivity index (χ2v) is 8.92. The molecule has 0 bridgehead atoms. The maximum Gasteiger partial charge on any atom is 0.253 e. The number of nitrogens with zero attached hydrogens (tertiary/aromatic N) is 2. The van der Waals surface area contributed by atoms with Crippen molar-refractivity contribution in [2.45, 2.75) is 25.4 Å². The average molecular weight is 480 g/mol. The zero-order valence-corrected chi connectivity index (χ0v) is 19.1. The summed E-state index contributed by atoms with van der Waals surface area (Å²) in [4.78, 5) is 42.0. The highest BCUT2D eigenvalue weighted by atomic mass is 35.5. The first-order valence-electron chi connectivity index (χ1n) is 10.3. The van der Waals surface area contributed by atoms with Crippen LogP contribution in [-0.4, -0.2) is 33.1 Å². The summed E-state index contributed by atoms with van der Waals surface area (Å²) in [6.07, 6.45) is 1.83. The molecule has 33 heavy (non-hydrogen) atoms. The Balaban J connectivity index is 1.51. The van der Waals surface area contributed by atoms with E-state index in [2.05, 4.69) is 10.3 Å². The van der Waals surface area contributed by atoms with Gasteiger partial charge in [-0.15, -0.1) is 0 Å². The minimum Gasteiger partial charge on any atom is -0.494 e. The van der Waals surface area contributed by atoms with E-state index in [1.807, 2.05) is 0 Å². The summed E-state index contributed by atoms with van der Waals surface area (Å²) in [5, 5.41) is 3.75. The molecular weight excluding hydrogens is 462 g/mol. The SMILES string of the molecule is COc1c(Cc2ccc3c(c2)C(=O)CC3=O)cc(=O)n2c1C(=S)C[C@@H]2Nc1ccc(Cl)cn1. The zero-order valence-electron chi connectivity index (χ0n) is 17.6. The Morgan fingerprint density at radius 3 is 2.67 bits per heavy atom. The van der Waals surface area contributed by atoms with Crippen molar-refractivity contribution in [1.29, 1.82) is 0 Å². The number of methoxy groups -OCH3 is 1. The second-order valence-electron chi connectivity index (χ2n) is 7.99. The van der Waals surface area contributed by atoms with Crippen molar-refractivity contribution in [3.63, 3.8) is 0 Å². The number of Topliss-reactive ketones (excluding diaryl/α,β-unsaturated/α-hetero) is 2. The summed E-state index contributed by atoms with van der Waals surface area (Å²) in [7, 11) is 1.54. The summed E-state index contributed by atoms with van der Waals surface area (Å²) in [5.74, 6) is 0.765. The van der Waals surface area contributed by atoms with E-state index in [-0.39, 0.29) is 23.5 Å². The fourth-order valence-corrected chi connectivity index (χ4v) is 4.89. The maximum absolute atomic E-state index is 13.1. The quantitative estimate of drug-likeness (QED) is 0.437. The molecule has 166 valence electrons. The minimum atomic E-state index is -0.403. The van der Waals surface area contributed by atoms with Crippen molar-refractivity contribution in [3.05, 3.63) is 85.9 Å². The number of rotatable bonds is 5. The van der Waals surface area contributed by atoms with Crippen LogP contribution in [0.5, 0.6) is 5.75 Å². The molecule has 0 spiro atoms. The molecule has 7 nitrogen and oxygen atoms in total. The van der Waals surface area contributed by atoms with E-state index in [1.54, 1.807) is 42.0 Å². The Bertz CT molecular complexity index is 1400. The molecule has 0 fully saturated rings. The van der Waals surface area contributed by atoms with Crippen LogP contribution in [0.4, 0.5) is 5.82 Å². The summed E-state index contributed by atoms with van der Waals surface area (Å²) < 4.78 is 7.29. The first-order valence-corrected chi connectivity index (χ1v) is 11.1. The van der Waals surface area contributed by atoms with Crippen LogP contribution in [0.25, 0.3) is 0 Å². The smallest absolute Gasteiger partial charge is 0.253 e. The number of fused-ring (bicyclic) bond motifs is 2. The van der Waals surface area contributed by atoms with Gasteiger partial charge in [0.25, 0.3) is 5.56 Å². The van der Waals surface area contributed by atoms with Crippen LogP contribution >= 0.6 is 23.8 Å². The molecule has 1 N–H and O–H groups in total. The van der Waals surface area contributed by atoms with E-state index in [4.69, 9.17) is 28.6 Å². The van der Waals surface area contributed by atoms with Crippen molar-refractivity contribution in [3.8, 4) is 5.75 Å². The lowest BCUT2D eigenvalue weighted by Gasteiger charge is -2.19. The van der Waals surface area contributed by atoms with Gasteiger partial charge in [-0.3, -0.25) is 19.0 Å². The highest BCUT2D eigenvalue weighted by Gasteiger charge is 2.33. The van der Waals surface area contributed by atoms with E-state index in [0.717, 1.165) is 5.56 Å². The molecule has 0 saturated heterocycles. The number of ketones is 2. The van der Waals surface area contributed by atoms with E-state index >= 15 is 0 Å². The molecule has 1 aliphatic carbocycles. The number of benzene rings is 1. The highest BCUT2D eigenvalue weighted by Crippen LogP contribution is 2.35. The summed E-state index contributed by atoms with van der Waals surface area (Å²) in [6.45, 7) is 0. The van der Waals surface area contributed by atoms with Gasteiger partial charge in [0.1, 0.15) is 23.4 Å². The van der Waals surface area contributed by atoms with Crippen molar-refractivity contribution >= 4 is 46.1 Å². The molecule has 0 saturated carbocycles. The van der Waals surface area contributed by atoms with Gasteiger partial charge in [0.2, 0.25) is 0 Å². The summed E-state index contributed by atoms with van der Waals surface area (Å²) in [5.41, 5.74) is 2.70. The third kappa shape index (κ3) is 3.75. The largest absolute Gasteiger partial charge is 0.494 e. The number of ether oxygens (including phenoxy) is 1. The van der Waals surface area contributed by atoms with Crippen molar-refractivity contribution in [2.75, 3.05) is 12.4 Å². The average Bonchev–Trinajstić information content (AvgIpc) is 3.26. The van der Waals surface area contributed by atoms with Crippen LogP contribution in [0.3, 0.4) is 0 Å². The van der Waals surface area contributed by atoms with Gasteiger partial charge in [-0.25, -0.2) is 4.98 Å². The van der Waals surface area contributed by atoms with Gasteiger partial charge in [0.05, 0.1) is 18.6 Å². The van der Waals surface area contributed by atoms with Gasteiger partial charge < -0.3 is 10.1 Å². The molecule has 1 aromatic carbocycles. The van der Waals surface area contributed by atoms with Crippen LogP contribution in [0.2, 0.25) is 5.02 Å². The molecule has 3 heterocycles. The molecule has 3 aromatic rings. The van der Waals surface area contributed by atoms with Gasteiger partial charge in [-0.2, -0.15) is 0 Å². The normalized spacial score (nSPS) is 16.7. The Labute approximate surface area is 199 Å². The van der Waals surface area contributed by atoms with E-state index in [9.17, 15) is 14.4 Å². The molecule has 0 amide bonds. The lowest BCUT2D eigenvalue weighted by molar-refractivity contribution is 0.0923. The van der Waals surface area contributed by atoms with Crippen LogP contribution in [0, 0.1) is 0 Å². The Morgan fingerprint density at radius 1 is 1.15 bits per heavy atom. The Kier molecular flexibility index (Phi) is 5.34. The van der Waals surface area contributed by atoms with E-state index < -0.39 is 6.17 Å². The van der Waals surface area contributed by atoms with Gasteiger partial charge in [-0.1, -0.05) is 36.0 Å². The Hall–Kier alpha value is -3.36. The minimum absolute atomic E-state index is 0.0898. The summed E-state index contributed by atoms with van der Waals surface area (Å²) in [6, 6.07) is 10.2. The number of anilines is 1. The lowest BCUT2D eigenvalue weighted by Crippen LogP contribution is -2.28. The summed E-state index contributed by atoms with van der Waals surface area (Å²) >= 11 is 11.5. The molecule has 9 heteroatoms. The van der Waals surface area contributed by atoms with Gasteiger partial charge in [-0.05, 0) is 23.8 Å².